The lowest BCUT2D eigenvalue weighted by molar-refractivity contribution is -0.120. The number of benzene rings is 1. The van der Waals surface area contributed by atoms with Crippen LogP contribution in [0.2, 0.25) is 0 Å². The van der Waals surface area contributed by atoms with E-state index < -0.39 is 0 Å². The van der Waals surface area contributed by atoms with Crippen LogP contribution >= 0.6 is 0 Å². The lowest BCUT2D eigenvalue weighted by Crippen LogP contribution is -2.26. The first-order valence-electron chi connectivity index (χ1n) is 6.51. The predicted molar refractivity (Wildman–Crippen MR) is 76.1 cm³/mol. The molecule has 1 aromatic heterocycles. The molecule has 1 aromatic carbocycles. The zero-order valence-electron chi connectivity index (χ0n) is 11.5. The van der Waals surface area contributed by atoms with Crippen LogP contribution in [0.3, 0.4) is 0 Å². The summed E-state index contributed by atoms with van der Waals surface area (Å²) in [5.74, 6) is 0.0625. The molecular formula is C15H20N2O2. The predicted octanol–water partition coefficient (Wildman–Crippen LogP) is 1.87. The lowest BCUT2D eigenvalue weighted by Gasteiger charge is -2.04. The number of carbonyl (C=O) groups excluding carboxylic acids is 1. The maximum Gasteiger partial charge on any atom is 0.224 e. The van der Waals surface area contributed by atoms with E-state index in [1.165, 1.54) is 0 Å². The molecule has 0 atom stereocenters. The number of nitrogens with one attached hydrogen (secondary N) is 1. The molecule has 4 nitrogen and oxygen atoms in total. The van der Waals surface area contributed by atoms with Crippen LogP contribution in [0.25, 0.3) is 10.9 Å². The van der Waals surface area contributed by atoms with E-state index in [0.29, 0.717) is 19.6 Å². The van der Waals surface area contributed by atoms with Crippen molar-refractivity contribution in [3.63, 3.8) is 0 Å². The van der Waals surface area contributed by atoms with E-state index in [1.807, 2.05) is 25.4 Å². The number of amides is 1. The quantitative estimate of drug-likeness (QED) is 0.806. The van der Waals surface area contributed by atoms with Crippen molar-refractivity contribution in [2.24, 2.45) is 7.05 Å². The van der Waals surface area contributed by atoms with Crippen LogP contribution in [0, 0.1) is 0 Å². The van der Waals surface area contributed by atoms with Crippen molar-refractivity contribution in [1.29, 1.82) is 0 Å². The first-order chi connectivity index (χ1) is 9.22. The highest BCUT2D eigenvalue weighted by molar-refractivity contribution is 5.89. The second-order valence-electron chi connectivity index (χ2n) is 4.66. The fraction of sp³-hybridized carbons (Fsp3) is 0.400. The Morgan fingerprint density at radius 3 is 2.95 bits per heavy atom. The summed E-state index contributed by atoms with van der Waals surface area (Å²) in [6, 6.07) is 8.14. The third kappa shape index (κ3) is 3.35. The number of methoxy groups -OCH3 is 1. The van der Waals surface area contributed by atoms with Crippen LogP contribution in [0.4, 0.5) is 0 Å². The minimum Gasteiger partial charge on any atom is -0.385 e. The summed E-state index contributed by atoms with van der Waals surface area (Å²) in [4.78, 5) is 11.9. The molecule has 0 saturated carbocycles. The molecule has 0 radical (unpaired) electrons. The Morgan fingerprint density at radius 1 is 1.37 bits per heavy atom. The van der Waals surface area contributed by atoms with Crippen molar-refractivity contribution in [3.05, 3.63) is 36.0 Å². The van der Waals surface area contributed by atoms with Crippen LogP contribution < -0.4 is 5.32 Å². The molecule has 102 valence electrons. The number of rotatable bonds is 6. The minimum absolute atomic E-state index is 0.0625. The van der Waals surface area contributed by atoms with Gasteiger partial charge in [-0.25, -0.2) is 0 Å². The van der Waals surface area contributed by atoms with Gasteiger partial charge in [-0.1, -0.05) is 18.2 Å². The van der Waals surface area contributed by atoms with Gasteiger partial charge in [0, 0.05) is 44.4 Å². The second-order valence-corrected chi connectivity index (χ2v) is 4.66. The maximum absolute atomic E-state index is 11.9. The summed E-state index contributed by atoms with van der Waals surface area (Å²) in [5.41, 5.74) is 2.23. The van der Waals surface area contributed by atoms with Crippen LogP contribution in [-0.4, -0.2) is 30.7 Å². The molecule has 0 unspecified atom stereocenters. The van der Waals surface area contributed by atoms with Crippen LogP contribution in [0.5, 0.6) is 0 Å². The number of aromatic nitrogens is 1. The molecule has 2 rings (SSSR count). The van der Waals surface area contributed by atoms with E-state index in [9.17, 15) is 4.79 Å². The van der Waals surface area contributed by atoms with Gasteiger partial charge in [-0.3, -0.25) is 4.79 Å². The molecule has 0 bridgehead atoms. The van der Waals surface area contributed by atoms with Gasteiger partial charge in [0.2, 0.25) is 5.91 Å². The zero-order valence-corrected chi connectivity index (χ0v) is 11.5. The second kappa shape index (κ2) is 6.38. The van der Waals surface area contributed by atoms with Crippen LogP contribution in [-0.2, 0) is 23.0 Å². The summed E-state index contributed by atoms with van der Waals surface area (Å²) in [5, 5.41) is 4.06. The van der Waals surface area contributed by atoms with Gasteiger partial charge in [-0.05, 0) is 18.1 Å². The Labute approximate surface area is 113 Å². The Kier molecular flexibility index (Phi) is 4.58. The standard InChI is InChI=1S/C15H20N2O2/c1-17-11-12(13-6-3-4-7-14(13)17)10-15(18)16-8-5-9-19-2/h3-4,6-7,11H,5,8-10H2,1-2H3,(H,16,18). The van der Waals surface area contributed by atoms with Crippen molar-refractivity contribution in [2.45, 2.75) is 12.8 Å². The Morgan fingerprint density at radius 2 is 2.16 bits per heavy atom. The van der Waals surface area contributed by atoms with Crippen LogP contribution in [0.15, 0.2) is 30.5 Å². The van der Waals surface area contributed by atoms with Gasteiger partial charge in [0.25, 0.3) is 0 Å². The van der Waals surface area contributed by atoms with Gasteiger partial charge in [-0.15, -0.1) is 0 Å². The SMILES string of the molecule is COCCCNC(=O)Cc1cn(C)c2ccccc12. The molecule has 1 heterocycles. The third-order valence-electron chi connectivity index (χ3n) is 3.18. The Bertz CT molecular complexity index is 560. The average molecular weight is 260 g/mol. The number of para-hydroxylation sites is 1. The highest BCUT2D eigenvalue weighted by Crippen LogP contribution is 2.20. The van der Waals surface area contributed by atoms with Crippen molar-refractivity contribution >= 4 is 16.8 Å². The number of fused-ring (bicyclic) bond motifs is 1. The van der Waals surface area contributed by atoms with Crippen molar-refractivity contribution in [3.8, 4) is 0 Å². The number of hydrogen-bond donors (Lipinski definition) is 1. The first kappa shape index (κ1) is 13.6. The maximum atomic E-state index is 11.9. The molecule has 4 heteroatoms. The van der Waals surface area contributed by atoms with Crippen LogP contribution in [0.1, 0.15) is 12.0 Å². The monoisotopic (exact) mass is 260 g/mol. The molecule has 2 aromatic rings. The summed E-state index contributed by atoms with van der Waals surface area (Å²) in [6.07, 6.45) is 3.30. The number of nitrogens with zero attached hydrogens (tertiary/aromatic N) is 1. The Hall–Kier alpha value is -1.81. The van der Waals surface area contributed by atoms with Crippen molar-refractivity contribution in [1.82, 2.24) is 9.88 Å². The number of ether oxygens (including phenoxy) is 1. The van der Waals surface area contributed by atoms with Gasteiger partial charge in [0.15, 0.2) is 0 Å². The van der Waals surface area contributed by atoms with Gasteiger partial charge in [0.05, 0.1) is 6.42 Å². The molecule has 1 N–H and O–H groups in total. The number of hydrogen-bond acceptors (Lipinski definition) is 2. The van der Waals surface area contributed by atoms with E-state index in [4.69, 9.17) is 4.74 Å². The average Bonchev–Trinajstić information content (AvgIpc) is 2.72. The Balaban J connectivity index is 1.99. The summed E-state index contributed by atoms with van der Waals surface area (Å²) in [6.45, 7) is 1.34. The molecule has 0 fully saturated rings. The number of aryl methyl sites for hydroxylation is 1. The largest absolute Gasteiger partial charge is 0.385 e. The van der Waals surface area contributed by atoms with Gasteiger partial charge in [0.1, 0.15) is 0 Å². The normalized spacial score (nSPS) is 10.8. The van der Waals surface area contributed by atoms with Gasteiger partial charge >= 0.3 is 0 Å². The molecular weight excluding hydrogens is 240 g/mol. The smallest absolute Gasteiger partial charge is 0.224 e. The topological polar surface area (TPSA) is 43.3 Å². The van der Waals surface area contributed by atoms with E-state index in [2.05, 4.69) is 22.0 Å². The molecule has 19 heavy (non-hydrogen) atoms. The van der Waals surface area contributed by atoms with E-state index >= 15 is 0 Å². The molecule has 1 amide bonds. The zero-order chi connectivity index (χ0) is 13.7. The molecule has 0 spiro atoms. The molecule has 0 saturated heterocycles. The fourth-order valence-corrected chi connectivity index (χ4v) is 2.25. The summed E-state index contributed by atoms with van der Waals surface area (Å²) >= 11 is 0. The molecule has 0 aliphatic carbocycles. The fourth-order valence-electron chi connectivity index (χ4n) is 2.25. The van der Waals surface area contributed by atoms with E-state index in [0.717, 1.165) is 22.9 Å². The lowest BCUT2D eigenvalue weighted by atomic mass is 10.1. The number of carbonyl (C=O) groups is 1. The van der Waals surface area contributed by atoms with E-state index in [-0.39, 0.29) is 5.91 Å². The third-order valence-corrected chi connectivity index (χ3v) is 3.18. The van der Waals surface area contributed by atoms with Gasteiger partial charge < -0.3 is 14.6 Å². The van der Waals surface area contributed by atoms with Gasteiger partial charge in [-0.2, -0.15) is 0 Å². The van der Waals surface area contributed by atoms with Crippen molar-refractivity contribution in [2.75, 3.05) is 20.3 Å². The molecule has 0 aliphatic heterocycles. The summed E-state index contributed by atoms with van der Waals surface area (Å²) < 4.78 is 7.01. The minimum atomic E-state index is 0.0625. The summed E-state index contributed by atoms with van der Waals surface area (Å²) in [7, 11) is 3.67. The van der Waals surface area contributed by atoms with Crippen molar-refractivity contribution < 1.29 is 9.53 Å². The highest BCUT2D eigenvalue weighted by atomic mass is 16.5. The first-order valence-corrected chi connectivity index (χ1v) is 6.51. The van der Waals surface area contributed by atoms with E-state index in [1.54, 1.807) is 7.11 Å². The molecule has 0 aliphatic rings. The highest BCUT2D eigenvalue weighted by Gasteiger charge is 2.09.